The molecule has 2 aliphatic rings. The SMILES string of the molecule is I.NC(=NCc1ccnc(OC2CCOC2)c1)Nc1ccc2c(c1)CCC2. The van der Waals surface area contributed by atoms with Gasteiger partial charge in [0.15, 0.2) is 5.96 Å². The van der Waals surface area contributed by atoms with Crippen LogP contribution in [0.4, 0.5) is 5.69 Å². The monoisotopic (exact) mass is 480 g/mol. The molecular weight excluding hydrogens is 455 g/mol. The molecule has 1 aliphatic heterocycles. The first-order valence-corrected chi connectivity index (χ1v) is 9.14. The summed E-state index contributed by atoms with van der Waals surface area (Å²) in [5.41, 5.74) is 10.9. The van der Waals surface area contributed by atoms with E-state index in [9.17, 15) is 0 Å². The Morgan fingerprint density at radius 2 is 2.15 bits per heavy atom. The fraction of sp³-hybridized carbons (Fsp3) is 0.400. The van der Waals surface area contributed by atoms with Gasteiger partial charge in [-0.15, -0.1) is 24.0 Å². The smallest absolute Gasteiger partial charge is 0.213 e. The summed E-state index contributed by atoms with van der Waals surface area (Å²) >= 11 is 0. The number of fused-ring (bicyclic) bond motifs is 1. The van der Waals surface area contributed by atoms with Crippen molar-refractivity contribution < 1.29 is 9.47 Å². The fourth-order valence-electron chi connectivity index (χ4n) is 3.40. The molecule has 2 aromatic rings. The number of ether oxygens (including phenoxy) is 2. The van der Waals surface area contributed by atoms with Crippen molar-refractivity contribution in [2.45, 2.75) is 38.3 Å². The van der Waals surface area contributed by atoms with Crippen molar-refractivity contribution >= 4 is 35.6 Å². The van der Waals surface area contributed by atoms with E-state index in [2.05, 4.69) is 33.5 Å². The molecular formula is C20H25IN4O2. The maximum absolute atomic E-state index is 6.04. The maximum atomic E-state index is 6.04. The molecule has 1 saturated heterocycles. The molecule has 1 aliphatic carbocycles. The third-order valence-electron chi connectivity index (χ3n) is 4.78. The van der Waals surface area contributed by atoms with Gasteiger partial charge in [0, 0.05) is 24.4 Å². The Kier molecular flexibility index (Phi) is 6.89. The van der Waals surface area contributed by atoms with Gasteiger partial charge in [-0.2, -0.15) is 0 Å². The van der Waals surface area contributed by atoms with E-state index in [0.29, 0.717) is 25.0 Å². The molecule has 0 spiro atoms. The van der Waals surface area contributed by atoms with Gasteiger partial charge < -0.3 is 20.5 Å². The standard InChI is InChI=1S/C20H24N4O2.HI/c21-20(24-17-5-4-15-2-1-3-16(15)11-17)23-12-14-6-8-22-19(10-14)26-18-7-9-25-13-18;/h4-6,8,10-11,18H,1-3,7,9,12-13H2,(H3,21,23,24);1H. The highest BCUT2D eigenvalue weighted by Gasteiger charge is 2.17. The molecule has 1 aromatic carbocycles. The van der Waals surface area contributed by atoms with Crippen LogP contribution >= 0.6 is 24.0 Å². The third-order valence-corrected chi connectivity index (χ3v) is 4.78. The topological polar surface area (TPSA) is 81.8 Å². The Balaban J connectivity index is 0.00000210. The summed E-state index contributed by atoms with van der Waals surface area (Å²) in [6.07, 6.45) is 6.29. The lowest BCUT2D eigenvalue weighted by Gasteiger charge is -2.11. The highest BCUT2D eigenvalue weighted by atomic mass is 127. The Morgan fingerprint density at radius 3 is 3.00 bits per heavy atom. The molecule has 0 amide bonds. The van der Waals surface area contributed by atoms with Crippen LogP contribution in [0, 0.1) is 0 Å². The Morgan fingerprint density at radius 1 is 1.26 bits per heavy atom. The maximum Gasteiger partial charge on any atom is 0.213 e. The van der Waals surface area contributed by atoms with E-state index < -0.39 is 0 Å². The van der Waals surface area contributed by atoms with Crippen LogP contribution in [0.3, 0.4) is 0 Å². The zero-order chi connectivity index (χ0) is 17.8. The van der Waals surface area contributed by atoms with Gasteiger partial charge in [-0.05, 0) is 54.2 Å². The molecule has 3 N–H and O–H groups in total. The van der Waals surface area contributed by atoms with E-state index in [1.807, 2.05) is 12.1 Å². The molecule has 1 fully saturated rings. The Labute approximate surface area is 176 Å². The number of guanidine groups is 1. The number of aromatic nitrogens is 1. The van der Waals surface area contributed by atoms with Crippen LogP contribution in [0.15, 0.2) is 41.5 Å². The van der Waals surface area contributed by atoms with Gasteiger partial charge in [0.1, 0.15) is 6.10 Å². The van der Waals surface area contributed by atoms with Crippen LogP contribution in [0.1, 0.15) is 29.5 Å². The van der Waals surface area contributed by atoms with Crippen molar-refractivity contribution in [3.8, 4) is 5.88 Å². The molecule has 1 unspecified atom stereocenters. The quantitative estimate of drug-likeness (QED) is 0.390. The molecule has 2 heterocycles. The van der Waals surface area contributed by atoms with Gasteiger partial charge in [-0.25, -0.2) is 9.98 Å². The molecule has 1 aromatic heterocycles. The zero-order valence-electron chi connectivity index (χ0n) is 15.2. The van der Waals surface area contributed by atoms with Crippen LogP contribution in [-0.4, -0.2) is 30.3 Å². The number of nitrogens with one attached hydrogen (secondary N) is 1. The number of aliphatic imine (C=N–C) groups is 1. The first kappa shape index (κ1) is 19.9. The first-order chi connectivity index (χ1) is 12.8. The molecule has 0 radical (unpaired) electrons. The summed E-state index contributed by atoms with van der Waals surface area (Å²) in [6, 6.07) is 10.2. The molecule has 4 rings (SSSR count). The van der Waals surface area contributed by atoms with Crippen LogP contribution in [-0.2, 0) is 24.1 Å². The molecule has 144 valence electrons. The molecule has 1 atom stereocenters. The van der Waals surface area contributed by atoms with E-state index in [0.717, 1.165) is 30.7 Å². The molecule has 7 heteroatoms. The molecule has 6 nitrogen and oxygen atoms in total. The van der Waals surface area contributed by atoms with Crippen molar-refractivity contribution in [1.29, 1.82) is 0 Å². The number of hydrogen-bond acceptors (Lipinski definition) is 4. The van der Waals surface area contributed by atoms with Gasteiger partial charge in [0.25, 0.3) is 0 Å². The largest absolute Gasteiger partial charge is 0.472 e. The van der Waals surface area contributed by atoms with Crippen LogP contribution in [0.25, 0.3) is 0 Å². The van der Waals surface area contributed by atoms with Crippen LogP contribution < -0.4 is 15.8 Å². The van der Waals surface area contributed by atoms with Gasteiger partial charge in [0.05, 0.1) is 19.8 Å². The predicted octanol–water partition coefficient (Wildman–Crippen LogP) is 3.28. The van der Waals surface area contributed by atoms with Crippen molar-refractivity contribution in [3.63, 3.8) is 0 Å². The van der Waals surface area contributed by atoms with Crippen LogP contribution in [0.2, 0.25) is 0 Å². The number of nitrogens with two attached hydrogens (primary N) is 1. The number of nitrogens with zero attached hydrogens (tertiary/aromatic N) is 2. The minimum absolute atomic E-state index is 0. The summed E-state index contributed by atoms with van der Waals surface area (Å²) < 4.78 is 11.2. The summed E-state index contributed by atoms with van der Waals surface area (Å²) in [7, 11) is 0. The highest BCUT2D eigenvalue weighted by Crippen LogP contribution is 2.24. The Hall–Kier alpha value is -1.87. The van der Waals surface area contributed by atoms with Gasteiger partial charge in [-0.1, -0.05) is 6.07 Å². The van der Waals surface area contributed by atoms with Gasteiger partial charge in [-0.3, -0.25) is 0 Å². The number of benzene rings is 1. The molecule has 0 bridgehead atoms. The summed E-state index contributed by atoms with van der Waals surface area (Å²) in [6.45, 7) is 1.85. The van der Waals surface area contributed by atoms with Crippen molar-refractivity contribution in [3.05, 3.63) is 53.2 Å². The minimum atomic E-state index is 0. The van der Waals surface area contributed by atoms with Gasteiger partial charge in [0.2, 0.25) is 5.88 Å². The zero-order valence-corrected chi connectivity index (χ0v) is 17.5. The average Bonchev–Trinajstić information content (AvgIpc) is 3.31. The normalized spacial score (nSPS) is 18.7. The van der Waals surface area contributed by atoms with Crippen molar-refractivity contribution in [2.24, 2.45) is 10.7 Å². The second-order valence-electron chi connectivity index (χ2n) is 6.77. The second-order valence-corrected chi connectivity index (χ2v) is 6.77. The van der Waals surface area contributed by atoms with E-state index in [1.54, 1.807) is 6.20 Å². The summed E-state index contributed by atoms with van der Waals surface area (Å²) in [4.78, 5) is 8.69. The number of aryl methyl sites for hydroxylation is 2. The lowest BCUT2D eigenvalue weighted by Crippen LogP contribution is -2.22. The first-order valence-electron chi connectivity index (χ1n) is 9.14. The predicted molar refractivity (Wildman–Crippen MR) is 117 cm³/mol. The number of halogens is 1. The second kappa shape index (κ2) is 9.36. The summed E-state index contributed by atoms with van der Waals surface area (Å²) in [5, 5.41) is 3.18. The molecule has 0 saturated carbocycles. The number of anilines is 1. The van der Waals surface area contributed by atoms with E-state index in [1.165, 1.54) is 24.0 Å². The van der Waals surface area contributed by atoms with E-state index >= 15 is 0 Å². The highest BCUT2D eigenvalue weighted by molar-refractivity contribution is 14.0. The lowest BCUT2D eigenvalue weighted by atomic mass is 10.1. The van der Waals surface area contributed by atoms with E-state index in [4.69, 9.17) is 15.2 Å². The average molecular weight is 480 g/mol. The van der Waals surface area contributed by atoms with Crippen molar-refractivity contribution in [1.82, 2.24) is 4.98 Å². The fourth-order valence-corrected chi connectivity index (χ4v) is 3.40. The lowest BCUT2D eigenvalue weighted by molar-refractivity contribution is 0.138. The third kappa shape index (κ3) is 5.32. The number of rotatable bonds is 5. The van der Waals surface area contributed by atoms with E-state index in [-0.39, 0.29) is 30.1 Å². The van der Waals surface area contributed by atoms with Gasteiger partial charge >= 0.3 is 0 Å². The van der Waals surface area contributed by atoms with Crippen LogP contribution in [0.5, 0.6) is 5.88 Å². The summed E-state index contributed by atoms with van der Waals surface area (Å²) in [5.74, 6) is 1.02. The van der Waals surface area contributed by atoms with Crippen molar-refractivity contribution in [2.75, 3.05) is 18.5 Å². The Bertz CT molecular complexity index is 806. The number of hydrogen-bond donors (Lipinski definition) is 2. The number of pyridine rings is 1. The minimum Gasteiger partial charge on any atom is -0.472 e. The molecule has 27 heavy (non-hydrogen) atoms.